The summed E-state index contributed by atoms with van der Waals surface area (Å²) < 4.78 is 27.6. The highest BCUT2D eigenvalue weighted by molar-refractivity contribution is 7.89. The van der Waals surface area contributed by atoms with Gasteiger partial charge in [-0.1, -0.05) is 0 Å². The number of aliphatic carboxylic acids is 1. The van der Waals surface area contributed by atoms with Crippen LogP contribution in [0.4, 0.5) is 0 Å². The molecule has 1 aromatic heterocycles. The van der Waals surface area contributed by atoms with Crippen LogP contribution in [0, 0.1) is 0 Å². The topological polar surface area (TPSA) is 101 Å². The molecule has 0 aliphatic rings. The minimum Gasteiger partial charge on any atom is -0.480 e. The molecule has 7 nitrogen and oxygen atoms in total. The Morgan fingerprint density at radius 2 is 2.15 bits per heavy atom. The Morgan fingerprint density at radius 3 is 2.75 bits per heavy atom. The first-order valence-electron chi connectivity index (χ1n) is 6.00. The van der Waals surface area contributed by atoms with Crippen molar-refractivity contribution in [3.05, 3.63) is 24.4 Å². The lowest BCUT2D eigenvalue weighted by molar-refractivity contribution is -0.135. The van der Waals surface area contributed by atoms with Gasteiger partial charge in [0.25, 0.3) is 0 Å². The number of benzene rings is 1. The van der Waals surface area contributed by atoms with E-state index in [0.717, 1.165) is 5.52 Å². The van der Waals surface area contributed by atoms with Gasteiger partial charge in [0, 0.05) is 11.4 Å². The van der Waals surface area contributed by atoms with Gasteiger partial charge in [0.2, 0.25) is 10.0 Å². The van der Waals surface area contributed by atoms with Gasteiger partial charge in [-0.2, -0.15) is 9.82 Å². The summed E-state index contributed by atoms with van der Waals surface area (Å²) >= 11 is 0. The number of carboxylic acids is 1. The van der Waals surface area contributed by atoms with Crippen molar-refractivity contribution >= 4 is 26.9 Å². The summed E-state index contributed by atoms with van der Waals surface area (Å²) in [7, 11) is -3.83. The molecule has 2 rings (SSSR count). The minimum absolute atomic E-state index is 0.0227. The number of aromatic nitrogens is 2. The molecule has 0 fully saturated rings. The number of sulfonamides is 1. The average Bonchev–Trinajstić information content (AvgIpc) is 2.79. The Hall–Kier alpha value is -1.93. The number of carbonyl (C=O) groups is 1. The molecule has 2 aromatic rings. The highest BCUT2D eigenvalue weighted by Crippen LogP contribution is 2.21. The molecule has 0 saturated carbocycles. The third kappa shape index (κ3) is 2.81. The van der Waals surface area contributed by atoms with Crippen molar-refractivity contribution in [1.82, 2.24) is 14.5 Å². The van der Waals surface area contributed by atoms with Crippen molar-refractivity contribution in [3.63, 3.8) is 0 Å². The van der Waals surface area contributed by atoms with E-state index in [-0.39, 0.29) is 10.9 Å². The first-order chi connectivity index (χ1) is 9.31. The van der Waals surface area contributed by atoms with Gasteiger partial charge < -0.3 is 5.11 Å². The zero-order valence-electron chi connectivity index (χ0n) is 11.1. The van der Waals surface area contributed by atoms with E-state index in [1.165, 1.54) is 12.1 Å². The molecule has 0 atom stereocenters. The van der Waals surface area contributed by atoms with Crippen LogP contribution in [-0.2, 0) is 14.8 Å². The number of carboxylic acid groups (broad SMARTS) is 1. The van der Waals surface area contributed by atoms with E-state index < -0.39 is 22.5 Å². The Labute approximate surface area is 116 Å². The van der Waals surface area contributed by atoms with E-state index in [9.17, 15) is 13.2 Å². The number of rotatable bonds is 5. The van der Waals surface area contributed by atoms with E-state index in [1.807, 2.05) is 18.6 Å². The lowest BCUT2D eigenvalue weighted by Crippen LogP contribution is -2.29. The Kier molecular flexibility index (Phi) is 3.78. The number of hydrogen-bond acceptors (Lipinski definition) is 4. The number of nitrogens with zero attached hydrogens (tertiary/aromatic N) is 2. The lowest BCUT2D eigenvalue weighted by atomic mass is 10.2. The normalized spacial score (nSPS) is 12.2. The molecule has 0 aliphatic carbocycles. The Balaban J connectivity index is 2.40. The van der Waals surface area contributed by atoms with Gasteiger partial charge in [-0.05, 0) is 32.0 Å². The molecule has 20 heavy (non-hydrogen) atoms. The summed E-state index contributed by atoms with van der Waals surface area (Å²) in [4.78, 5) is 10.5. The minimum atomic E-state index is -3.83. The maximum atomic E-state index is 11.9. The fraction of sp³-hybridized carbons (Fsp3) is 0.333. The second kappa shape index (κ2) is 5.22. The molecule has 0 bridgehead atoms. The molecule has 0 unspecified atom stereocenters. The molecule has 8 heteroatoms. The SMILES string of the molecule is CC(C)n1ncc2cc(S(=O)(=O)NCC(=O)O)ccc21. The third-order valence-corrected chi connectivity index (χ3v) is 4.18. The van der Waals surface area contributed by atoms with Crippen molar-refractivity contribution in [3.8, 4) is 0 Å². The summed E-state index contributed by atoms with van der Waals surface area (Å²) in [6.07, 6.45) is 1.59. The lowest BCUT2D eigenvalue weighted by Gasteiger charge is -2.08. The predicted molar refractivity (Wildman–Crippen MR) is 72.9 cm³/mol. The molecular weight excluding hydrogens is 282 g/mol. The summed E-state index contributed by atoms with van der Waals surface area (Å²) in [5.74, 6) is -1.23. The fourth-order valence-electron chi connectivity index (χ4n) is 1.85. The van der Waals surface area contributed by atoms with Gasteiger partial charge in [0.05, 0.1) is 16.6 Å². The summed E-state index contributed by atoms with van der Waals surface area (Å²) in [6.45, 7) is 3.31. The van der Waals surface area contributed by atoms with E-state index in [1.54, 1.807) is 16.9 Å². The molecule has 108 valence electrons. The van der Waals surface area contributed by atoms with Gasteiger partial charge in [-0.3, -0.25) is 9.48 Å². The predicted octanol–water partition coefficient (Wildman–Crippen LogP) is 0.980. The molecule has 0 aliphatic heterocycles. The zero-order valence-corrected chi connectivity index (χ0v) is 11.9. The van der Waals surface area contributed by atoms with Gasteiger partial charge >= 0.3 is 5.97 Å². The first kappa shape index (κ1) is 14.5. The third-order valence-electron chi connectivity index (χ3n) is 2.78. The molecule has 0 spiro atoms. The summed E-state index contributed by atoms with van der Waals surface area (Å²) in [6, 6.07) is 4.75. The van der Waals surface area contributed by atoms with Crippen LogP contribution < -0.4 is 4.72 Å². The second-order valence-electron chi connectivity index (χ2n) is 4.62. The van der Waals surface area contributed by atoms with Crippen LogP contribution >= 0.6 is 0 Å². The van der Waals surface area contributed by atoms with Crippen LogP contribution in [0.1, 0.15) is 19.9 Å². The van der Waals surface area contributed by atoms with Crippen LogP contribution in [0.2, 0.25) is 0 Å². The van der Waals surface area contributed by atoms with Crippen molar-refractivity contribution < 1.29 is 18.3 Å². The fourth-order valence-corrected chi connectivity index (χ4v) is 2.86. The van der Waals surface area contributed by atoms with Crippen molar-refractivity contribution in [2.24, 2.45) is 0 Å². The molecular formula is C12H15N3O4S. The molecule has 0 amide bonds. The van der Waals surface area contributed by atoms with Gasteiger partial charge in [-0.25, -0.2) is 8.42 Å². The van der Waals surface area contributed by atoms with Crippen LogP contribution in [0.3, 0.4) is 0 Å². The van der Waals surface area contributed by atoms with Crippen LogP contribution in [0.15, 0.2) is 29.3 Å². The molecule has 0 saturated heterocycles. The molecule has 2 N–H and O–H groups in total. The summed E-state index contributed by atoms with van der Waals surface area (Å²) in [5, 5.41) is 13.4. The largest absolute Gasteiger partial charge is 0.480 e. The first-order valence-corrected chi connectivity index (χ1v) is 7.48. The quantitative estimate of drug-likeness (QED) is 0.856. The van der Waals surface area contributed by atoms with Crippen LogP contribution in [0.25, 0.3) is 10.9 Å². The monoisotopic (exact) mass is 297 g/mol. The van der Waals surface area contributed by atoms with Crippen molar-refractivity contribution in [2.45, 2.75) is 24.8 Å². The summed E-state index contributed by atoms with van der Waals surface area (Å²) in [5.41, 5.74) is 0.831. The smallest absolute Gasteiger partial charge is 0.318 e. The highest BCUT2D eigenvalue weighted by Gasteiger charge is 2.17. The maximum Gasteiger partial charge on any atom is 0.318 e. The molecule has 1 aromatic carbocycles. The van der Waals surface area contributed by atoms with Gasteiger partial charge in [0.15, 0.2) is 0 Å². The second-order valence-corrected chi connectivity index (χ2v) is 6.39. The van der Waals surface area contributed by atoms with Crippen LogP contribution in [0.5, 0.6) is 0 Å². The highest BCUT2D eigenvalue weighted by atomic mass is 32.2. The zero-order chi connectivity index (χ0) is 14.9. The van der Waals surface area contributed by atoms with E-state index in [4.69, 9.17) is 5.11 Å². The maximum absolute atomic E-state index is 11.9. The Morgan fingerprint density at radius 1 is 1.45 bits per heavy atom. The van der Waals surface area contributed by atoms with Crippen molar-refractivity contribution in [1.29, 1.82) is 0 Å². The molecule has 1 heterocycles. The number of hydrogen-bond donors (Lipinski definition) is 2. The number of fused-ring (bicyclic) bond motifs is 1. The Bertz CT molecular complexity index is 749. The molecule has 0 radical (unpaired) electrons. The van der Waals surface area contributed by atoms with E-state index in [0.29, 0.717) is 5.39 Å². The van der Waals surface area contributed by atoms with Gasteiger partial charge in [-0.15, -0.1) is 0 Å². The van der Waals surface area contributed by atoms with Crippen LogP contribution in [-0.4, -0.2) is 35.8 Å². The number of nitrogens with one attached hydrogen (secondary N) is 1. The average molecular weight is 297 g/mol. The van der Waals surface area contributed by atoms with E-state index >= 15 is 0 Å². The van der Waals surface area contributed by atoms with Crippen molar-refractivity contribution in [2.75, 3.05) is 6.54 Å². The standard InChI is InChI=1S/C12H15N3O4S/c1-8(2)15-11-4-3-10(5-9(11)6-13-15)20(18,19)14-7-12(16)17/h3-6,8,14H,7H2,1-2H3,(H,16,17). The van der Waals surface area contributed by atoms with Gasteiger partial charge in [0.1, 0.15) is 6.54 Å². The van der Waals surface area contributed by atoms with E-state index in [2.05, 4.69) is 5.10 Å².